The smallest absolute Gasteiger partial charge is 0.296 e. The quantitative estimate of drug-likeness (QED) is 0.755. The van der Waals surface area contributed by atoms with E-state index in [1.807, 2.05) is 4.57 Å². The second-order valence-electron chi connectivity index (χ2n) is 7.35. The van der Waals surface area contributed by atoms with Crippen molar-refractivity contribution in [2.75, 3.05) is 19.6 Å². The van der Waals surface area contributed by atoms with Crippen LogP contribution in [0.1, 0.15) is 53.8 Å². The summed E-state index contributed by atoms with van der Waals surface area (Å²) < 4.78 is 3.36. The van der Waals surface area contributed by atoms with E-state index < -0.39 is 0 Å². The van der Waals surface area contributed by atoms with Crippen LogP contribution in [0.15, 0.2) is 29.1 Å². The number of hydrogen-bond donors (Lipinski definition) is 0. The average Bonchev–Trinajstić information content (AvgIpc) is 3.42. The van der Waals surface area contributed by atoms with Crippen molar-refractivity contribution in [2.45, 2.75) is 37.6 Å². The first-order chi connectivity index (χ1) is 12.5. The van der Waals surface area contributed by atoms with Crippen LogP contribution in [0.4, 0.5) is 0 Å². The van der Waals surface area contributed by atoms with E-state index in [0.29, 0.717) is 29.1 Å². The lowest BCUT2D eigenvalue weighted by molar-refractivity contribution is 0.0908. The Labute approximate surface area is 157 Å². The molecule has 1 aromatic heterocycles. The van der Waals surface area contributed by atoms with Gasteiger partial charge in [-0.1, -0.05) is 11.6 Å². The van der Waals surface area contributed by atoms with Crippen molar-refractivity contribution >= 4 is 17.4 Å². The highest BCUT2D eigenvalue weighted by Gasteiger charge is 2.33. The van der Waals surface area contributed by atoms with Gasteiger partial charge in [-0.15, -0.1) is 0 Å². The molecule has 0 unspecified atom stereocenters. The number of nitrogens with zero attached hydrogens (tertiary/aromatic N) is 4. The Balaban J connectivity index is 1.39. The monoisotopic (exact) mass is 374 g/mol. The SMILES string of the molecule is Cn1nc(C2CCN(CC(=O)c3ccc(Cl)cc3)CC2)n(C2CC2)c1=O. The van der Waals surface area contributed by atoms with Gasteiger partial charge in [0.2, 0.25) is 0 Å². The van der Waals surface area contributed by atoms with Gasteiger partial charge < -0.3 is 0 Å². The van der Waals surface area contributed by atoms with Crippen LogP contribution >= 0.6 is 11.6 Å². The van der Waals surface area contributed by atoms with Crippen LogP contribution in [-0.4, -0.2) is 44.7 Å². The first-order valence-corrected chi connectivity index (χ1v) is 9.57. The standard InChI is InChI=1S/C19H23ClN4O2/c1-22-19(26)24(16-6-7-16)18(21-22)14-8-10-23(11-9-14)12-17(25)13-2-4-15(20)5-3-13/h2-5,14,16H,6-12H2,1H3. The maximum atomic E-state index is 12.4. The van der Waals surface area contributed by atoms with Gasteiger partial charge >= 0.3 is 5.69 Å². The number of halogens is 1. The number of piperidine rings is 1. The number of carbonyl (C=O) groups excluding carboxylic acids is 1. The summed E-state index contributed by atoms with van der Waals surface area (Å²) in [5, 5.41) is 5.14. The molecule has 1 aliphatic heterocycles. The molecule has 0 N–H and O–H groups in total. The van der Waals surface area contributed by atoms with Gasteiger partial charge in [0.25, 0.3) is 0 Å². The summed E-state index contributed by atoms with van der Waals surface area (Å²) in [5.74, 6) is 1.35. The maximum absolute atomic E-state index is 12.4. The van der Waals surface area contributed by atoms with Gasteiger partial charge in [0.05, 0.1) is 6.54 Å². The highest BCUT2D eigenvalue weighted by molar-refractivity contribution is 6.30. The van der Waals surface area contributed by atoms with E-state index in [0.717, 1.165) is 44.6 Å². The number of likely N-dealkylation sites (tertiary alicyclic amines) is 1. The van der Waals surface area contributed by atoms with Crippen LogP contribution in [0.25, 0.3) is 0 Å². The molecule has 0 radical (unpaired) electrons. The number of hydrogen-bond acceptors (Lipinski definition) is 4. The summed E-state index contributed by atoms with van der Waals surface area (Å²) in [6.45, 7) is 2.12. The highest BCUT2D eigenvalue weighted by atomic mass is 35.5. The van der Waals surface area contributed by atoms with Crippen molar-refractivity contribution in [3.05, 3.63) is 51.2 Å². The van der Waals surface area contributed by atoms with Crippen LogP contribution in [-0.2, 0) is 7.05 Å². The lowest BCUT2D eigenvalue weighted by Gasteiger charge is -2.31. The summed E-state index contributed by atoms with van der Waals surface area (Å²) in [5.41, 5.74) is 0.701. The number of carbonyl (C=O) groups is 1. The molecule has 2 fully saturated rings. The van der Waals surface area contributed by atoms with Crippen molar-refractivity contribution in [1.82, 2.24) is 19.2 Å². The molecule has 0 spiro atoms. The summed E-state index contributed by atoms with van der Waals surface area (Å²) in [4.78, 5) is 26.9. The summed E-state index contributed by atoms with van der Waals surface area (Å²) in [6.07, 6.45) is 4.01. The molecule has 0 amide bonds. The van der Waals surface area contributed by atoms with E-state index in [1.54, 1.807) is 31.3 Å². The lowest BCUT2D eigenvalue weighted by atomic mass is 9.95. The minimum absolute atomic E-state index is 0.00263. The Hall–Kier alpha value is -1.92. The Morgan fingerprint density at radius 3 is 2.42 bits per heavy atom. The molecule has 2 aliphatic rings. The molecular formula is C19H23ClN4O2. The van der Waals surface area contributed by atoms with Gasteiger partial charge in [0.15, 0.2) is 5.78 Å². The number of aromatic nitrogens is 3. The third-order valence-electron chi connectivity index (χ3n) is 5.38. The minimum Gasteiger partial charge on any atom is -0.296 e. The van der Waals surface area contributed by atoms with Crippen LogP contribution in [0.5, 0.6) is 0 Å². The summed E-state index contributed by atoms with van der Waals surface area (Å²) in [6, 6.07) is 7.40. The molecule has 0 bridgehead atoms. The zero-order chi connectivity index (χ0) is 18.3. The molecule has 138 valence electrons. The molecule has 2 heterocycles. The normalized spacial score (nSPS) is 19.0. The van der Waals surface area contributed by atoms with Gasteiger partial charge in [-0.05, 0) is 63.0 Å². The topological polar surface area (TPSA) is 60.1 Å². The fourth-order valence-corrected chi connectivity index (χ4v) is 3.86. The van der Waals surface area contributed by atoms with E-state index in [1.165, 1.54) is 4.68 Å². The molecule has 1 saturated carbocycles. The lowest BCUT2D eigenvalue weighted by Crippen LogP contribution is -2.37. The van der Waals surface area contributed by atoms with E-state index >= 15 is 0 Å². The van der Waals surface area contributed by atoms with E-state index in [-0.39, 0.29) is 11.5 Å². The molecule has 26 heavy (non-hydrogen) atoms. The Morgan fingerprint density at radius 2 is 1.81 bits per heavy atom. The Kier molecular flexibility index (Phi) is 4.71. The summed E-state index contributed by atoms with van der Waals surface area (Å²) >= 11 is 5.88. The van der Waals surface area contributed by atoms with Crippen LogP contribution in [0, 0.1) is 0 Å². The van der Waals surface area contributed by atoms with Gasteiger partial charge in [-0.3, -0.25) is 14.3 Å². The fourth-order valence-electron chi connectivity index (χ4n) is 3.73. The third-order valence-corrected chi connectivity index (χ3v) is 5.63. The molecular weight excluding hydrogens is 352 g/mol. The maximum Gasteiger partial charge on any atom is 0.345 e. The molecule has 1 saturated heterocycles. The molecule has 1 aliphatic carbocycles. The average molecular weight is 375 g/mol. The number of aryl methyl sites for hydroxylation is 1. The van der Waals surface area contributed by atoms with E-state index in [9.17, 15) is 9.59 Å². The van der Waals surface area contributed by atoms with Crippen LogP contribution in [0.3, 0.4) is 0 Å². The first kappa shape index (κ1) is 17.5. The van der Waals surface area contributed by atoms with E-state index in [4.69, 9.17) is 11.6 Å². The molecule has 0 atom stereocenters. The molecule has 7 heteroatoms. The zero-order valence-corrected chi connectivity index (χ0v) is 15.7. The largest absolute Gasteiger partial charge is 0.345 e. The van der Waals surface area contributed by atoms with Gasteiger partial charge in [0.1, 0.15) is 5.82 Å². The fraction of sp³-hybridized carbons (Fsp3) is 0.526. The highest BCUT2D eigenvalue weighted by Crippen LogP contribution is 2.37. The number of ketones is 1. The van der Waals surface area contributed by atoms with Gasteiger partial charge in [0, 0.05) is 29.6 Å². The van der Waals surface area contributed by atoms with Crippen molar-refractivity contribution in [3.63, 3.8) is 0 Å². The number of benzene rings is 1. The summed E-state index contributed by atoms with van der Waals surface area (Å²) in [7, 11) is 1.73. The van der Waals surface area contributed by atoms with Gasteiger partial charge in [-0.25, -0.2) is 9.48 Å². The minimum atomic E-state index is 0.00263. The van der Waals surface area contributed by atoms with Crippen LogP contribution < -0.4 is 5.69 Å². The van der Waals surface area contributed by atoms with Crippen molar-refractivity contribution in [1.29, 1.82) is 0 Å². The second-order valence-corrected chi connectivity index (χ2v) is 7.78. The van der Waals surface area contributed by atoms with Crippen LogP contribution in [0.2, 0.25) is 5.02 Å². The van der Waals surface area contributed by atoms with Crippen molar-refractivity contribution in [3.8, 4) is 0 Å². The predicted octanol–water partition coefficient (Wildman–Crippen LogP) is 2.63. The Morgan fingerprint density at radius 1 is 1.15 bits per heavy atom. The molecule has 1 aromatic carbocycles. The molecule has 4 rings (SSSR count). The number of rotatable bonds is 5. The molecule has 2 aromatic rings. The first-order valence-electron chi connectivity index (χ1n) is 9.19. The second kappa shape index (κ2) is 7.00. The Bertz CT molecular complexity index is 859. The van der Waals surface area contributed by atoms with Crippen molar-refractivity contribution in [2.24, 2.45) is 7.05 Å². The number of Topliss-reactive ketones (excluding diaryl/α,β-unsaturated/α-hetero) is 1. The van der Waals surface area contributed by atoms with Gasteiger partial charge in [-0.2, -0.15) is 5.10 Å². The third kappa shape index (κ3) is 3.48. The molecule has 6 nitrogen and oxygen atoms in total. The van der Waals surface area contributed by atoms with Crippen molar-refractivity contribution < 1.29 is 4.79 Å². The van der Waals surface area contributed by atoms with E-state index in [2.05, 4.69) is 10.00 Å². The predicted molar refractivity (Wildman–Crippen MR) is 99.9 cm³/mol. The zero-order valence-electron chi connectivity index (χ0n) is 14.9.